The van der Waals surface area contributed by atoms with E-state index in [9.17, 15) is 0 Å². The summed E-state index contributed by atoms with van der Waals surface area (Å²) in [6.45, 7) is 1.80. The van der Waals surface area contributed by atoms with Gasteiger partial charge in [-0.25, -0.2) is 4.98 Å². The van der Waals surface area contributed by atoms with Crippen molar-refractivity contribution in [3.8, 4) is 11.4 Å². The zero-order chi connectivity index (χ0) is 20.6. The van der Waals surface area contributed by atoms with Crippen LogP contribution in [0, 0.1) is 0 Å². The van der Waals surface area contributed by atoms with Gasteiger partial charge in [0.25, 0.3) is 0 Å². The van der Waals surface area contributed by atoms with Crippen LogP contribution >= 0.6 is 0 Å². The van der Waals surface area contributed by atoms with Crippen LogP contribution in [-0.2, 0) is 11.2 Å². The van der Waals surface area contributed by atoms with Crippen molar-refractivity contribution in [1.82, 2.24) is 29.9 Å². The average molecular weight is 405 g/mol. The number of aryl methyl sites for hydroxylation is 1. The highest BCUT2D eigenvalue weighted by Crippen LogP contribution is 2.18. The normalized spacial score (nSPS) is 11.0. The third-order valence-electron chi connectivity index (χ3n) is 4.45. The van der Waals surface area contributed by atoms with Crippen LogP contribution in [-0.4, -0.2) is 56.8 Å². The zero-order valence-corrected chi connectivity index (χ0v) is 16.7. The van der Waals surface area contributed by atoms with Gasteiger partial charge < -0.3 is 14.8 Å². The summed E-state index contributed by atoms with van der Waals surface area (Å²) >= 11 is 0. The molecule has 0 saturated carbocycles. The summed E-state index contributed by atoms with van der Waals surface area (Å²) in [5.74, 6) is 1.32. The molecule has 0 unspecified atom stereocenters. The topological polar surface area (TPSA) is 99.9 Å². The molecule has 4 rings (SSSR count). The summed E-state index contributed by atoms with van der Waals surface area (Å²) in [6, 6.07) is 13.5. The van der Waals surface area contributed by atoms with Gasteiger partial charge in [0.1, 0.15) is 12.4 Å². The molecule has 0 aliphatic carbocycles. The van der Waals surface area contributed by atoms with Gasteiger partial charge in [-0.15, -0.1) is 5.10 Å². The lowest BCUT2D eigenvalue weighted by molar-refractivity contribution is 0.146. The number of ether oxygens (including phenoxy) is 2. The molecule has 0 aliphatic heterocycles. The Balaban J connectivity index is 1.41. The highest BCUT2D eigenvalue weighted by molar-refractivity contribution is 5.71. The zero-order valence-electron chi connectivity index (χ0n) is 16.7. The van der Waals surface area contributed by atoms with E-state index >= 15 is 0 Å². The van der Waals surface area contributed by atoms with Crippen molar-refractivity contribution in [3.63, 3.8) is 0 Å². The average Bonchev–Trinajstić information content (AvgIpc) is 3.21. The molecule has 154 valence electrons. The molecular weight excluding hydrogens is 382 g/mol. The minimum Gasteiger partial charge on any atom is -0.491 e. The number of anilines is 1. The molecule has 3 heterocycles. The van der Waals surface area contributed by atoms with Gasteiger partial charge in [-0.05, 0) is 49.2 Å². The van der Waals surface area contributed by atoms with E-state index in [2.05, 4.69) is 30.6 Å². The Bertz CT molecular complexity index is 1070. The first-order valence-corrected chi connectivity index (χ1v) is 9.78. The Kier molecular flexibility index (Phi) is 6.41. The molecule has 1 N–H and O–H groups in total. The highest BCUT2D eigenvalue weighted by Gasteiger charge is 2.10. The second-order valence-electron chi connectivity index (χ2n) is 6.59. The maximum absolute atomic E-state index is 5.60. The van der Waals surface area contributed by atoms with E-state index in [0.29, 0.717) is 30.3 Å². The molecule has 0 amide bonds. The Morgan fingerprint density at radius 2 is 1.93 bits per heavy atom. The number of nitrogens with zero attached hydrogens (tertiary/aromatic N) is 6. The highest BCUT2D eigenvalue weighted by atomic mass is 16.5. The fourth-order valence-electron chi connectivity index (χ4n) is 2.93. The Hall–Kier alpha value is -3.59. The smallest absolute Gasteiger partial charge is 0.224 e. The van der Waals surface area contributed by atoms with E-state index in [0.717, 1.165) is 36.5 Å². The molecule has 0 fully saturated rings. The van der Waals surface area contributed by atoms with Crippen LogP contribution in [0.3, 0.4) is 0 Å². The van der Waals surface area contributed by atoms with Crippen molar-refractivity contribution in [2.75, 3.05) is 32.2 Å². The van der Waals surface area contributed by atoms with E-state index in [1.807, 2.05) is 48.7 Å². The molecule has 0 bridgehead atoms. The molecule has 30 heavy (non-hydrogen) atoms. The van der Waals surface area contributed by atoms with Gasteiger partial charge in [-0.1, -0.05) is 11.3 Å². The lowest BCUT2D eigenvalue weighted by atomic mass is 10.2. The van der Waals surface area contributed by atoms with Crippen LogP contribution in [0.1, 0.15) is 12.1 Å². The first-order chi connectivity index (χ1) is 14.8. The van der Waals surface area contributed by atoms with E-state index in [4.69, 9.17) is 9.47 Å². The lowest BCUT2D eigenvalue weighted by Crippen LogP contribution is -2.08. The van der Waals surface area contributed by atoms with E-state index < -0.39 is 0 Å². The largest absolute Gasteiger partial charge is 0.491 e. The van der Waals surface area contributed by atoms with Gasteiger partial charge in [0, 0.05) is 25.5 Å². The fourth-order valence-corrected chi connectivity index (χ4v) is 2.93. The van der Waals surface area contributed by atoms with Crippen LogP contribution in [0.5, 0.6) is 5.75 Å². The van der Waals surface area contributed by atoms with Gasteiger partial charge in [-0.2, -0.15) is 9.67 Å². The summed E-state index contributed by atoms with van der Waals surface area (Å²) in [5, 5.41) is 11.6. The molecule has 1 aromatic carbocycles. The van der Waals surface area contributed by atoms with E-state index in [1.54, 1.807) is 18.0 Å². The molecule has 0 aliphatic rings. The molecule has 0 radical (unpaired) electrons. The van der Waals surface area contributed by atoms with Crippen molar-refractivity contribution in [1.29, 1.82) is 0 Å². The van der Waals surface area contributed by atoms with Crippen LogP contribution in [0.15, 0.2) is 54.9 Å². The van der Waals surface area contributed by atoms with Gasteiger partial charge in [-0.3, -0.25) is 4.98 Å². The number of fused-ring (bicyclic) bond motifs is 1. The Morgan fingerprint density at radius 3 is 2.73 bits per heavy atom. The first kappa shape index (κ1) is 19.7. The maximum Gasteiger partial charge on any atom is 0.224 e. The third kappa shape index (κ3) is 4.87. The summed E-state index contributed by atoms with van der Waals surface area (Å²) < 4.78 is 12.3. The minimum absolute atomic E-state index is 0.505. The third-order valence-corrected chi connectivity index (χ3v) is 4.45. The van der Waals surface area contributed by atoms with Crippen LogP contribution in [0.4, 0.5) is 5.95 Å². The number of hydrogen-bond donors (Lipinski definition) is 1. The molecular formula is C21H23N7O2. The number of hydrogen-bond acceptors (Lipinski definition) is 8. The Morgan fingerprint density at radius 1 is 1.03 bits per heavy atom. The number of nitrogens with one attached hydrogen (secondary N) is 1. The van der Waals surface area contributed by atoms with Crippen molar-refractivity contribution in [3.05, 3.63) is 60.6 Å². The molecule has 4 aromatic rings. The van der Waals surface area contributed by atoms with Crippen molar-refractivity contribution in [2.24, 2.45) is 0 Å². The Labute approximate surface area is 174 Å². The van der Waals surface area contributed by atoms with Crippen LogP contribution in [0.25, 0.3) is 16.9 Å². The van der Waals surface area contributed by atoms with Gasteiger partial charge in [0.15, 0.2) is 11.2 Å². The standard InChI is InChI=1S/C21H23N7O2/c1-29-13-14-30-18-9-7-17(8-10-18)28-20-19(26-27-28)15-24-21(25-20)23-12-4-6-16-5-2-3-11-22-16/h2-3,5,7-11,15H,4,6,12-14H2,1H3,(H,23,24,25). The molecule has 9 nitrogen and oxygen atoms in total. The number of aromatic nitrogens is 6. The first-order valence-electron chi connectivity index (χ1n) is 9.78. The summed E-state index contributed by atoms with van der Waals surface area (Å²) in [5.41, 5.74) is 3.20. The van der Waals surface area contributed by atoms with Crippen molar-refractivity contribution in [2.45, 2.75) is 12.8 Å². The van der Waals surface area contributed by atoms with Gasteiger partial charge in [0.05, 0.1) is 18.5 Å². The second kappa shape index (κ2) is 9.75. The quantitative estimate of drug-likeness (QED) is 0.402. The minimum atomic E-state index is 0.505. The van der Waals surface area contributed by atoms with Gasteiger partial charge in [0.2, 0.25) is 5.95 Å². The molecule has 0 spiro atoms. The van der Waals surface area contributed by atoms with Crippen molar-refractivity contribution >= 4 is 17.1 Å². The number of rotatable bonds is 10. The van der Waals surface area contributed by atoms with E-state index in [1.165, 1.54) is 0 Å². The summed E-state index contributed by atoms with van der Waals surface area (Å²) in [4.78, 5) is 13.3. The second-order valence-corrected chi connectivity index (χ2v) is 6.59. The molecule has 0 atom stereocenters. The predicted molar refractivity (Wildman–Crippen MR) is 113 cm³/mol. The summed E-state index contributed by atoms with van der Waals surface area (Å²) in [7, 11) is 1.65. The maximum atomic E-state index is 5.60. The molecule has 0 saturated heterocycles. The SMILES string of the molecule is COCCOc1ccc(-n2nnc3cnc(NCCCc4ccccn4)nc32)cc1. The number of pyridine rings is 1. The monoisotopic (exact) mass is 405 g/mol. The fraction of sp³-hybridized carbons (Fsp3) is 0.286. The number of methoxy groups -OCH3 is 1. The predicted octanol–water partition coefficient (Wildman–Crippen LogP) is 2.68. The van der Waals surface area contributed by atoms with Crippen LogP contribution in [0.2, 0.25) is 0 Å². The lowest BCUT2D eigenvalue weighted by Gasteiger charge is -2.07. The summed E-state index contributed by atoms with van der Waals surface area (Å²) in [6.07, 6.45) is 5.32. The molecule has 9 heteroatoms. The number of benzene rings is 1. The molecule has 3 aromatic heterocycles. The van der Waals surface area contributed by atoms with Crippen LogP contribution < -0.4 is 10.1 Å². The van der Waals surface area contributed by atoms with E-state index in [-0.39, 0.29) is 0 Å². The van der Waals surface area contributed by atoms with Gasteiger partial charge >= 0.3 is 0 Å². The van der Waals surface area contributed by atoms with Crippen molar-refractivity contribution < 1.29 is 9.47 Å².